The van der Waals surface area contributed by atoms with Crippen LogP contribution in [0.4, 0.5) is 13.2 Å². The first-order valence-electron chi connectivity index (χ1n) is 6.55. The van der Waals surface area contributed by atoms with Crippen molar-refractivity contribution in [2.75, 3.05) is 0 Å². The molecule has 0 saturated heterocycles. The van der Waals surface area contributed by atoms with Gasteiger partial charge in [-0.3, -0.25) is 9.89 Å². The molecule has 0 aliphatic rings. The Labute approximate surface area is 123 Å². The SMILES string of the molecule is Cc1[nH]n2c(-c3ccccc3)c(C(F)(F)F)nc2c(=O)c1C. The summed E-state index contributed by atoms with van der Waals surface area (Å²) < 4.78 is 41.1. The Bertz CT molecular complexity index is 908. The minimum absolute atomic E-state index is 0.164. The Kier molecular flexibility index (Phi) is 3.09. The van der Waals surface area contributed by atoms with E-state index in [1.54, 1.807) is 44.2 Å². The number of H-pyrrole nitrogens is 1. The topological polar surface area (TPSA) is 50.2 Å². The van der Waals surface area contributed by atoms with Gasteiger partial charge in [0.15, 0.2) is 5.69 Å². The molecule has 1 aromatic carbocycles. The number of fused-ring (bicyclic) bond motifs is 1. The van der Waals surface area contributed by atoms with E-state index in [2.05, 4.69) is 10.1 Å². The number of aromatic nitrogens is 3. The summed E-state index contributed by atoms with van der Waals surface area (Å²) >= 11 is 0. The minimum Gasteiger partial charge on any atom is -0.296 e. The summed E-state index contributed by atoms with van der Waals surface area (Å²) in [5.41, 5.74) is -0.813. The molecule has 0 aliphatic carbocycles. The van der Waals surface area contributed by atoms with Gasteiger partial charge in [-0.1, -0.05) is 30.3 Å². The van der Waals surface area contributed by atoms with Crippen LogP contribution in [0.25, 0.3) is 16.9 Å². The third-order valence-electron chi connectivity index (χ3n) is 3.58. The first kappa shape index (κ1) is 14.4. The Morgan fingerprint density at radius 3 is 2.36 bits per heavy atom. The molecule has 0 aliphatic heterocycles. The minimum atomic E-state index is -4.65. The van der Waals surface area contributed by atoms with E-state index in [1.807, 2.05) is 0 Å². The lowest BCUT2D eigenvalue weighted by Gasteiger charge is -2.09. The van der Waals surface area contributed by atoms with Gasteiger partial charge in [0.1, 0.15) is 5.69 Å². The fourth-order valence-corrected chi connectivity index (χ4v) is 2.33. The lowest BCUT2D eigenvalue weighted by atomic mass is 10.1. The molecule has 1 N–H and O–H groups in total. The van der Waals surface area contributed by atoms with Crippen LogP contribution in [0.2, 0.25) is 0 Å². The molecule has 4 nitrogen and oxygen atoms in total. The van der Waals surface area contributed by atoms with Gasteiger partial charge in [-0.05, 0) is 13.8 Å². The third kappa shape index (κ3) is 2.09. The number of nitrogens with one attached hydrogen (secondary N) is 1. The van der Waals surface area contributed by atoms with E-state index in [-0.39, 0.29) is 11.3 Å². The van der Waals surface area contributed by atoms with E-state index in [1.165, 1.54) is 0 Å². The van der Waals surface area contributed by atoms with Crippen molar-refractivity contribution in [2.45, 2.75) is 20.0 Å². The Morgan fingerprint density at radius 1 is 1.14 bits per heavy atom. The zero-order valence-corrected chi connectivity index (χ0v) is 11.8. The van der Waals surface area contributed by atoms with Crippen LogP contribution in [-0.2, 0) is 6.18 Å². The highest BCUT2D eigenvalue weighted by Gasteiger charge is 2.39. The van der Waals surface area contributed by atoms with E-state index in [0.717, 1.165) is 4.52 Å². The van der Waals surface area contributed by atoms with Crippen LogP contribution in [0.15, 0.2) is 35.1 Å². The highest BCUT2D eigenvalue weighted by Crippen LogP contribution is 2.36. The van der Waals surface area contributed by atoms with Gasteiger partial charge in [0.2, 0.25) is 11.1 Å². The predicted molar refractivity (Wildman–Crippen MR) is 75.7 cm³/mol. The second kappa shape index (κ2) is 4.72. The highest BCUT2D eigenvalue weighted by molar-refractivity contribution is 5.67. The molecule has 0 bridgehead atoms. The smallest absolute Gasteiger partial charge is 0.296 e. The first-order valence-corrected chi connectivity index (χ1v) is 6.55. The zero-order valence-electron chi connectivity index (χ0n) is 11.8. The molecular weight excluding hydrogens is 295 g/mol. The molecule has 7 heteroatoms. The standard InChI is InChI=1S/C15H12F3N3O/c1-8-9(2)20-21-11(10-6-4-3-5-7-10)13(15(16,17)18)19-14(21)12(8)22/h3-7,20H,1-2H3. The van der Waals surface area contributed by atoms with Crippen LogP contribution in [0.5, 0.6) is 0 Å². The molecule has 0 radical (unpaired) electrons. The largest absolute Gasteiger partial charge is 0.435 e. The van der Waals surface area contributed by atoms with E-state index < -0.39 is 17.3 Å². The molecule has 0 unspecified atom stereocenters. The zero-order chi connectivity index (χ0) is 16.1. The quantitative estimate of drug-likeness (QED) is 0.749. The molecule has 0 saturated carbocycles. The number of aryl methyl sites for hydroxylation is 1. The molecule has 0 spiro atoms. The molecule has 0 fully saturated rings. The van der Waals surface area contributed by atoms with Crippen molar-refractivity contribution < 1.29 is 13.2 Å². The maximum absolute atomic E-state index is 13.3. The van der Waals surface area contributed by atoms with E-state index >= 15 is 0 Å². The summed E-state index contributed by atoms with van der Waals surface area (Å²) in [6.45, 7) is 3.19. The number of imidazole rings is 1. The number of aromatic amines is 1. The van der Waals surface area contributed by atoms with Crippen LogP contribution in [0.3, 0.4) is 0 Å². The Hall–Kier alpha value is -2.57. The van der Waals surface area contributed by atoms with Crippen molar-refractivity contribution in [1.82, 2.24) is 14.6 Å². The fourth-order valence-electron chi connectivity index (χ4n) is 2.33. The lowest BCUT2D eigenvalue weighted by Crippen LogP contribution is -2.14. The van der Waals surface area contributed by atoms with Gasteiger partial charge in [0.05, 0.1) is 0 Å². The predicted octanol–water partition coefficient (Wildman–Crippen LogP) is 3.33. The summed E-state index contributed by atoms with van der Waals surface area (Å²) in [4.78, 5) is 15.8. The number of hydrogen-bond donors (Lipinski definition) is 1. The summed E-state index contributed by atoms with van der Waals surface area (Å²) in [5, 5.41) is 2.81. The van der Waals surface area contributed by atoms with Crippen molar-refractivity contribution in [2.24, 2.45) is 0 Å². The number of halogens is 3. The van der Waals surface area contributed by atoms with Crippen LogP contribution in [-0.4, -0.2) is 14.6 Å². The van der Waals surface area contributed by atoms with Gasteiger partial charge in [-0.2, -0.15) is 13.2 Å². The number of hydrogen-bond acceptors (Lipinski definition) is 2. The van der Waals surface area contributed by atoms with Crippen LogP contribution in [0, 0.1) is 13.8 Å². The lowest BCUT2D eigenvalue weighted by molar-refractivity contribution is -0.140. The molecule has 2 aromatic heterocycles. The third-order valence-corrected chi connectivity index (χ3v) is 3.58. The normalized spacial score (nSPS) is 12.0. The summed E-state index contributed by atoms with van der Waals surface area (Å²) in [7, 11) is 0. The molecule has 0 amide bonds. The van der Waals surface area contributed by atoms with Crippen molar-refractivity contribution in [3.8, 4) is 11.3 Å². The second-order valence-corrected chi connectivity index (χ2v) is 5.02. The Balaban J connectivity index is 2.50. The van der Waals surface area contributed by atoms with Crippen molar-refractivity contribution in [3.05, 3.63) is 57.5 Å². The van der Waals surface area contributed by atoms with Crippen LogP contribution < -0.4 is 5.43 Å². The second-order valence-electron chi connectivity index (χ2n) is 5.02. The molecule has 22 heavy (non-hydrogen) atoms. The average Bonchev–Trinajstić information content (AvgIpc) is 2.85. The fraction of sp³-hybridized carbons (Fsp3) is 0.200. The van der Waals surface area contributed by atoms with Gasteiger partial charge in [0.25, 0.3) is 0 Å². The molecule has 0 atom stereocenters. The van der Waals surface area contributed by atoms with Gasteiger partial charge in [0, 0.05) is 16.8 Å². The van der Waals surface area contributed by atoms with E-state index in [9.17, 15) is 18.0 Å². The summed E-state index contributed by atoms with van der Waals surface area (Å²) in [5.74, 6) is 0. The number of rotatable bonds is 1. The summed E-state index contributed by atoms with van der Waals surface area (Å²) in [6, 6.07) is 8.07. The first-order chi connectivity index (χ1) is 10.3. The summed E-state index contributed by atoms with van der Waals surface area (Å²) in [6.07, 6.45) is -4.65. The molecule has 114 valence electrons. The monoisotopic (exact) mass is 307 g/mol. The van der Waals surface area contributed by atoms with Crippen molar-refractivity contribution in [1.29, 1.82) is 0 Å². The average molecular weight is 307 g/mol. The van der Waals surface area contributed by atoms with Crippen molar-refractivity contribution >= 4 is 5.65 Å². The highest BCUT2D eigenvalue weighted by atomic mass is 19.4. The van der Waals surface area contributed by atoms with Gasteiger partial charge in [-0.15, -0.1) is 0 Å². The van der Waals surface area contributed by atoms with Gasteiger partial charge in [-0.25, -0.2) is 9.50 Å². The molecule has 2 heterocycles. The number of alkyl halides is 3. The van der Waals surface area contributed by atoms with E-state index in [0.29, 0.717) is 16.8 Å². The maximum atomic E-state index is 13.3. The molecule has 3 rings (SSSR count). The molecule has 3 aromatic rings. The van der Waals surface area contributed by atoms with Crippen LogP contribution in [0.1, 0.15) is 17.0 Å². The van der Waals surface area contributed by atoms with E-state index in [4.69, 9.17) is 0 Å². The number of nitrogens with zero attached hydrogens (tertiary/aromatic N) is 2. The maximum Gasteiger partial charge on any atom is 0.435 e. The number of benzene rings is 1. The van der Waals surface area contributed by atoms with Crippen molar-refractivity contribution in [3.63, 3.8) is 0 Å². The molecular formula is C15H12F3N3O. The van der Waals surface area contributed by atoms with Gasteiger partial charge < -0.3 is 0 Å². The van der Waals surface area contributed by atoms with Gasteiger partial charge >= 0.3 is 6.18 Å². The van der Waals surface area contributed by atoms with Crippen LogP contribution >= 0.6 is 0 Å². The Morgan fingerprint density at radius 2 is 1.77 bits per heavy atom.